The summed E-state index contributed by atoms with van der Waals surface area (Å²) in [6.45, 7) is 1.22. The molecule has 18 heavy (non-hydrogen) atoms. The second-order valence-electron chi connectivity index (χ2n) is 3.29. The molecule has 3 amide bonds. The zero-order chi connectivity index (χ0) is 13.0. The van der Waals surface area contributed by atoms with Gasteiger partial charge in [-0.2, -0.15) is 5.12 Å². The lowest BCUT2D eigenvalue weighted by Gasteiger charge is -2.16. The van der Waals surface area contributed by atoms with Crippen LogP contribution in [-0.4, -0.2) is 22.8 Å². The first-order chi connectivity index (χ1) is 7.91. The SMILES string of the molecule is CC(=O)NN(N)C(=O)c1cccc(C(N)=O)c1.I. The number of carbonyl (C=O) groups excluding carboxylic acids is 3. The second kappa shape index (κ2) is 6.91. The summed E-state index contributed by atoms with van der Waals surface area (Å²) in [6.07, 6.45) is 0. The van der Waals surface area contributed by atoms with Gasteiger partial charge in [-0.3, -0.25) is 19.8 Å². The van der Waals surface area contributed by atoms with Crippen molar-refractivity contribution in [1.82, 2.24) is 10.5 Å². The van der Waals surface area contributed by atoms with Crippen molar-refractivity contribution in [3.63, 3.8) is 0 Å². The van der Waals surface area contributed by atoms with Gasteiger partial charge in [-0.1, -0.05) is 6.07 Å². The third-order valence-corrected chi connectivity index (χ3v) is 1.89. The number of nitrogens with one attached hydrogen (secondary N) is 1. The Morgan fingerprint density at radius 3 is 2.28 bits per heavy atom. The first-order valence-corrected chi connectivity index (χ1v) is 4.68. The monoisotopic (exact) mass is 364 g/mol. The highest BCUT2D eigenvalue weighted by Gasteiger charge is 2.14. The van der Waals surface area contributed by atoms with Gasteiger partial charge in [-0.05, 0) is 18.2 Å². The van der Waals surface area contributed by atoms with Crippen LogP contribution in [0.5, 0.6) is 0 Å². The van der Waals surface area contributed by atoms with Crippen molar-refractivity contribution in [1.29, 1.82) is 0 Å². The fourth-order valence-corrected chi connectivity index (χ4v) is 1.16. The summed E-state index contributed by atoms with van der Waals surface area (Å²) in [5.41, 5.74) is 7.51. The van der Waals surface area contributed by atoms with E-state index in [9.17, 15) is 14.4 Å². The van der Waals surface area contributed by atoms with Gasteiger partial charge in [0.25, 0.3) is 5.91 Å². The molecule has 5 N–H and O–H groups in total. The number of rotatable bonds is 2. The fourth-order valence-electron chi connectivity index (χ4n) is 1.16. The molecule has 7 nitrogen and oxygen atoms in total. The van der Waals surface area contributed by atoms with Crippen molar-refractivity contribution >= 4 is 41.7 Å². The maximum absolute atomic E-state index is 11.7. The molecule has 0 bridgehead atoms. The van der Waals surface area contributed by atoms with Gasteiger partial charge in [0.2, 0.25) is 11.8 Å². The van der Waals surface area contributed by atoms with E-state index in [1.807, 2.05) is 0 Å². The van der Waals surface area contributed by atoms with Gasteiger partial charge in [0, 0.05) is 18.1 Å². The minimum Gasteiger partial charge on any atom is -0.366 e. The van der Waals surface area contributed by atoms with E-state index in [-0.39, 0.29) is 35.1 Å². The fraction of sp³-hybridized carbons (Fsp3) is 0.100. The second-order valence-corrected chi connectivity index (χ2v) is 3.29. The summed E-state index contributed by atoms with van der Waals surface area (Å²) in [7, 11) is 0. The molecular weight excluding hydrogens is 351 g/mol. The average Bonchev–Trinajstić information content (AvgIpc) is 2.27. The molecule has 8 heteroatoms. The number of hydrazine groups is 2. The predicted molar refractivity (Wildman–Crippen MR) is 74.5 cm³/mol. The number of nitrogens with two attached hydrogens (primary N) is 2. The molecule has 0 aromatic heterocycles. The van der Waals surface area contributed by atoms with Crippen molar-refractivity contribution in [2.24, 2.45) is 11.6 Å². The Morgan fingerprint density at radius 1 is 1.22 bits per heavy atom. The highest BCUT2D eigenvalue weighted by atomic mass is 127. The maximum atomic E-state index is 11.7. The van der Waals surface area contributed by atoms with Gasteiger partial charge in [0.1, 0.15) is 0 Å². The molecule has 98 valence electrons. The number of hydrogen-bond donors (Lipinski definition) is 3. The highest BCUT2D eigenvalue weighted by Crippen LogP contribution is 2.06. The third kappa shape index (κ3) is 4.30. The molecule has 1 aromatic carbocycles. The Labute approximate surface area is 120 Å². The number of hydrogen-bond acceptors (Lipinski definition) is 4. The Kier molecular flexibility index (Phi) is 6.27. The van der Waals surface area contributed by atoms with Crippen LogP contribution in [0.2, 0.25) is 0 Å². The summed E-state index contributed by atoms with van der Waals surface area (Å²) in [5.74, 6) is 3.53. The zero-order valence-corrected chi connectivity index (χ0v) is 11.9. The Balaban J connectivity index is 0.00000289. The van der Waals surface area contributed by atoms with Crippen LogP contribution in [0.25, 0.3) is 0 Å². The van der Waals surface area contributed by atoms with E-state index >= 15 is 0 Å². The molecule has 0 saturated carbocycles. The first-order valence-electron chi connectivity index (χ1n) is 4.68. The van der Waals surface area contributed by atoms with E-state index in [2.05, 4.69) is 5.43 Å². The zero-order valence-electron chi connectivity index (χ0n) is 9.54. The van der Waals surface area contributed by atoms with Crippen LogP contribution in [0.3, 0.4) is 0 Å². The van der Waals surface area contributed by atoms with Crippen molar-refractivity contribution in [2.75, 3.05) is 0 Å². The number of primary amides is 1. The normalized spacial score (nSPS) is 9.00. The maximum Gasteiger partial charge on any atom is 0.287 e. The first kappa shape index (κ1) is 16.3. The quantitative estimate of drug-likeness (QED) is 0.291. The highest BCUT2D eigenvalue weighted by molar-refractivity contribution is 14.0. The standard InChI is InChI=1S/C10H12N4O3.HI/c1-6(15)13-14(12)10(17)8-4-2-3-7(5-8)9(11)16;/h2-5H,12H2,1H3,(H2,11,16)(H,13,15);1H. The molecule has 0 heterocycles. The Hall–Kier alpha value is -1.68. The summed E-state index contributed by atoms with van der Waals surface area (Å²) < 4.78 is 0. The molecule has 1 aromatic rings. The van der Waals surface area contributed by atoms with Gasteiger partial charge in [0.15, 0.2) is 0 Å². The van der Waals surface area contributed by atoms with Crippen LogP contribution in [0.1, 0.15) is 27.6 Å². The summed E-state index contributed by atoms with van der Waals surface area (Å²) in [5, 5.41) is 0.544. The van der Waals surface area contributed by atoms with Crippen LogP contribution in [-0.2, 0) is 4.79 Å². The molecule has 0 unspecified atom stereocenters. The lowest BCUT2D eigenvalue weighted by molar-refractivity contribution is -0.122. The van der Waals surface area contributed by atoms with Crippen molar-refractivity contribution in [2.45, 2.75) is 6.92 Å². The number of nitrogens with zero attached hydrogens (tertiary/aromatic N) is 1. The smallest absolute Gasteiger partial charge is 0.287 e. The molecule has 0 aliphatic heterocycles. The summed E-state index contributed by atoms with van der Waals surface area (Å²) >= 11 is 0. The van der Waals surface area contributed by atoms with Crippen molar-refractivity contribution in [3.8, 4) is 0 Å². The largest absolute Gasteiger partial charge is 0.366 e. The molecule has 0 atom stereocenters. The van der Waals surface area contributed by atoms with E-state index in [0.29, 0.717) is 5.12 Å². The number of amides is 3. The van der Waals surface area contributed by atoms with Crippen LogP contribution >= 0.6 is 24.0 Å². The van der Waals surface area contributed by atoms with Crippen LogP contribution in [0, 0.1) is 0 Å². The molecule has 0 spiro atoms. The molecule has 0 saturated heterocycles. The minimum atomic E-state index is -0.650. The molecule has 0 fully saturated rings. The molecule has 0 aliphatic rings. The number of halogens is 1. The molecule has 0 aliphatic carbocycles. The van der Waals surface area contributed by atoms with Gasteiger partial charge in [-0.25, -0.2) is 5.84 Å². The van der Waals surface area contributed by atoms with Crippen LogP contribution in [0.4, 0.5) is 0 Å². The van der Waals surface area contributed by atoms with Gasteiger partial charge in [-0.15, -0.1) is 24.0 Å². The lowest BCUT2D eigenvalue weighted by atomic mass is 10.1. The van der Waals surface area contributed by atoms with Gasteiger partial charge >= 0.3 is 0 Å². The van der Waals surface area contributed by atoms with Crippen LogP contribution in [0.15, 0.2) is 24.3 Å². The average molecular weight is 364 g/mol. The van der Waals surface area contributed by atoms with Crippen molar-refractivity contribution in [3.05, 3.63) is 35.4 Å². The summed E-state index contributed by atoms with van der Waals surface area (Å²) in [6, 6.07) is 5.72. The third-order valence-electron chi connectivity index (χ3n) is 1.89. The molecule has 0 radical (unpaired) electrons. The number of benzene rings is 1. The van der Waals surface area contributed by atoms with Gasteiger partial charge < -0.3 is 5.73 Å². The van der Waals surface area contributed by atoms with E-state index in [0.717, 1.165) is 0 Å². The topological polar surface area (TPSA) is 119 Å². The lowest BCUT2D eigenvalue weighted by Crippen LogP contribution is -2.50. The Bertz CT molecular complexity index is 478. The predicted octanol–water partition coefficient (Wildman–Crippen LogP) is -0.230. The van der Waals surface area contributed by atoms with E-state index in [1.165, 1.54) is 31.2 Å². The van der Waals surface area contributed by atoms with E-state index in [4.69, 9.17) is 11.6 Å². The number of carbonyl (C=O) groups is 3. The Morgan fingerprint density at radius 2 is 1.78 bits per heavy atom. The van der Waals surface area contributed by atoms with Crippen LogP contribution < -0.4 is 17.0 Å². The minimum absolute atomic E-state index is 0. The van der Waals surface area contributed by atoms with E-state index in [1.54, 1.807) is 0 Å². The molecule has 1 rings (SSSR count). The van der Waals surface area contributed by atoms with Crippen molar-refractivity contribution < 1.29 is 14.4 Å². The molecular formula is C10H13IN4O3. The van der Waals surface area contributed by atoms with Gasteiger partial charge in [0.05, 0.1) is 0 Å². The van der Waals surface area contributed by atoms with E-state index < -0.39 is 17.7 Å². The summed E-state index contributed by atoms with van der Waals surface area (Å²) in [4.78, 5) is 33.3.